The van der Waals surface area contributed by atoms with Crippen LogP contribution in [0.15, 0.2) is 546 Å². The predicted octanol–water partition coefficient (Wildman–Crippen LogP) is 40.4. The van der Waals surface area contributed by atoms with Crippen LogP contribution >= 0.6 is 0 Å². The van der Waals surface area contributed by atoms with E-state index in [-0.39, 0.29) is 0 Å². The van der Waals surface area contributed by atoms with Gasteiger partial charge in [-0.2, -0.15) is 0 Å². The molecule has 3 aliphatic rings. The maximum atomic E-state index is 2.45. The maximum Gasteiger partial charge on any atom is -0.00140 e. The van der Waals surface area contributed by atoms with Crippen molar-refractivity contribution in [1.82, 2.24) is 0 Å². The highest BCUT2D eigenvalue weighted by Crippen LogP contribution is 2.49. The Labute approximate surface area is 851 Å². The molecule has 35 rings (SSSR count). The molecule has 0 bridgehead atoms. The molecule has 0 saturated carbocycles. The molecule has 686 valence electrons. The summed E-state index contributed by atoms with van der Waals surface area (Å²) in [7, 11) is 0. The maximum absolute atomic E-state index is 2.45. The summed E-state index contributed by atoms with van der Waals surface area (Å²) in [4.78, 5) is 0. The van der Waals surface area contributed by atoms with E-state index in [1.807, 2.05) is 0 Å². The van der Waals surface area contributed by atoms with E-state index in [1.54, 1.807) is 0 Å². The van der Waals surface area contributed by atoms with E-state index in [9.17, 15) is 0 Å². The second-order valence-corrected chi connectivity index (χ2v) is 39.3. The van der Waals surface area contributed by atoms with Crippen molar-refractivity contribution < 1.29 is 0 Å². The Bertz CT molecular complexity index is 10200. The summed E-state index contributed by atoms with van der Waals surface area (Å²) < 4.78 is 0. The molecule has 0 atom stereocenters. The first-order valence-corrected chi connectivity index (χ1v) is 51.4. The first-order chi connectivity index (χ1) is 72.9. The molecule has 0 heteroatoms. The largest absolute Gasteiger partial charge is 0.0795 e. The lowest BCUT2D eigenvalue weighted by atomic mass is 9.77. The molecule has 0 aromatic heterocycles. The average molecular weight is 1860 g/mol. The Morgan fingerprint density at radius 2 is 0.381 bits per heavy atom. The summed E-state index contributed by atoms with van der Waals surface area (Å²) in [6, 6.07) is 192. The molecule has 0 N–H and O–H groups in total. The van der Waals surface area contributed by atoms with Gasteiger partial charge >= 0.3 is 0 Å². The van der Waals surface area contributed by atoms with Gasteiger partial charge in [-0.1, -0.05) is 510 Å². The van der Waals surface area contributed by atoms with Crippen LogP contribution in [0.1, 0.15) is 28.7 Å². The second kappa shape index (κ2) is 37.6. The van der Waals surface area contributed by atoms with Crippen LogP contribution in [0.3, 0.4) is 0 Å². The number of hydrogen-bond donors (Lipinski definition) is 0. The molecule has 0 spiro atoms. The van der Waals surface area contributed by atoms with Gasteiger partial charge in [0.15, 0.2) is 0 Å². The SMILES string of the molecule is C1=C2CC=c3ccc4ccc5ccc6ccc(c7c2c3c4c5c67)C1.C1=Cc2cccc3cccc(c23)C1.c1cc2ccc3cccc4ccc(c1)c2c34.c1cc2cccc3c4cccc5cccc(c(c1)c23)c54.c1ccc2c(c1)ccc1ccccc12.c1ccc2cc3c(ccc4ccccc43)cc2c1.c1ccc2cc3cc4ccccc4cc3cc2c1.c1ccc2cc3ccccc3cc2c1.c1ccc2ccccc2c1. The zero-order valence-corrected chi connectivity index (χ0v) is 81.2. The summed E-state index contributed by atoms with van der Waals surface area (Å²) in [5, 5.41) is 63.7. The zero-order valence-electron chi connectivity index (χ0n) is 81.2. The highest BCUT2D eigenvalue weighted by Gasteiger charge is 2.26. The van der Waals surface area contributed by atoms with E-state index >= 15 is 0 Å². The fourth-order valence-corrected chi connectivity index (χ4v) is 23.8. The van der Waals surface area contributed by atoms with Gasteiger partial charge in [0.05, 0.1) is 0 Å². The number of rotatable bonds is 0. The first-order valence-electron chi connectivity index (χ1n) is 51.4. The lowest BCUT2D eigenvalue weighted by Gasteiger charge is -2.26. The fraction of sp³-hybridized carbons (Fsp3) is 0.0204. The molecule has 147 heavy (non-hydrogen) atoms. The van der Waals surface area contributed by atoms with Crippen molar-refractivity contribution >= 4 is 265 Å². The van der Waals surface area contributed by atoms with Gasteiger partial charge in [0.25, 0.3) is 0 Å². The van der Waals surface area contributed by atoms with Crippen LogP contribution in [0.4, 0.5) is 0 Å². The normalized spacial score (nSPS) is 12.2. The number of fused-ring (bicyclic) bond motifs is 15. The molecule has 0 unspecified atom stereocenters. The van der Waals surface area contributed by atoms with Gasteiger partial charge in [0, 0.05) is 0 Å². The number of allylic oxidation sites excluding steroid dienone is 3. The summed E-state index contributed by atoms with van der Waals surface area (Å²) in [5.74, 6) is 0. The third-order valence-corrected chi connectivity index (χ3v) is 30.7. The van der Waals surface area contributed by atoms with Crippen molar-refractivity contribution in [3.8, 4) is 0 Å². The molecule has 0 amide bonds. The van der Waals surface area contributed by atoms with E-state index in [4.69, 9.17) is 0 Å². The molecular weight excluding hydrogens is 1770 g/mol. The molecule has 0 fully saturated rings. The van der Waals surface area contributed by atoms with E-state index < -0.39 is 0 Å². The smallest absolute Gasteiger partial charge is 0.00140 e. The van der Waals surface area contributed by atoms with Crippen LogP contribution in [0.2, 0.25) is 0 Å². The highest BCUT2D eigenvalue weighted by molar-refractivity contribution is 6.36. The third kappa shape index (κ3) is 16.2. The number of hydrogen-bond acceptors (Lipinski definition) is 0. The molecule has 0 nitrogen and oxygen atoms in total. The van der Waals surface area contributed by atoms with Gasteiger partial charge in [0.1, 0.15) is 0 Å². The van der Waals surface area contributed by atoms with Crippen LogP contribution in [0, 0.1) is 0 Å². The van der Waals surface area contributed by atoms with Crippen molar-refractivity contribution in [1.29, 1.82) is 0 Å². The fourth-order valence-electron chi connectivity index (χ4n) is 23.8. The van der Waals surface area contributed by atoms with Gasteiger partial charge in [0.2, 0.25) is 0 Å². The van der Waals surface area contributed by atoms with Crippen LogP contribution in [0.5, 0.6) is 0 Å². The summed E-state index contributed by atoms with van der Waals surface area (Å²) in [6.07, 6.45) is 12.5. The van der Waals surface area contributed by atoms with Crippen molar-refractivity contribution in [2.45, 2.75) is 19.3 Å². The minimum Gasteiger partial charge on any atom is -0.0795 e. The van der Waals surface area contributed by atoms with E-state index in [0.29, 0.717) is 0 Å². The Kier molecular flexibility index (Phi) is 22.3. The standard InChI is InChI=1S/C24H14.C20H12.2C18H12.C16H10.2C14H10.C13H10.C10H8/c1-2-14-5-6-16-9-11-18-12-10-17-8-7-15-4-3-13(1)19-20(14)22(16)24(18)23(17)21(15)19;1-5-13-6-2-11-17-18-12-4-8-14-7-3-10-16(20(14)18)15(9-1)19(13)17;1-2-7-15-12-18-16(11-14(15)6-1)10-9-13-5-3-4-8-17(13)18;1-2-6-14-10-18-12-16-8-4-3-7-15(16)11-17(18)9-13(14)5-1;1-3-11-7-9-13-5-2-6-14-10-8-12(4-1)15(11)16(13)14;1-3-7-13-11(5-1)9-10-12-6-2-4-8-14(12)13;1-2-6-12-10-14-8-4-3-7-13(14)9-11(12)5-1;1-4-10-6-2-8-12-9-3-7-11(5-1)13(10)12;1-2-6-10-8-4-3-7-9(10)5-1/h1-9,12H,10-11H2;1-12H;2*1-12H;1-10H;2*1-10H;1-8H,9H2;1-8H. The Morgan fingerprint density at radius 3 is 0.789 bits per heavy atom. The van der Waals surface area contributed by atoms with Crippen molar-refractivity contribution in [2.24, 2.45) is 0 Å². The quantitative estimate of drug-likeness (QED) is 0.105. The molecule has 32 aromatic rings. The van der Waals surface area contributed by atoms with Crippen molar-refractivity contribution in [3.05, 3.63) is 573 Å². The summed E-state index contributed by atoms with van der Waals surface area (Å²) >= 11 is 0. The average Bonchev–Trinajstić information content (AvgIpc) is 0.686. The monoisotopic (exact) mass is 1860 g/mol. The highest BCUT2D eigenvalue weighted by atomic mass is 14.3. The number of benzene rings is 32. The first kappa shape index (κ1) is 87.3. The van der Waals surface area contributed by atoms with Crippen LogP contribution in [-0.2, 0) is 12.8 Å². The van der Waals surface area contributed by atoms with Crippen molar-refractivity contribution in [3.63, 3.8) is 0 Å². The van der Waals surface area contributed by atoms with Gasteiger partial charge < -0.3 is 0 Å². The Balaban J connectivity index is 0.0000000826. The van der Waals surface area contributed by atoms with Crippen LogP contribution in [0.25, 0.3) is 265 Å². The molecular formula is C147H98. The van der Waals surface area contributed by atoms with E-state index in [1.165, 1.54) is 281 Å². The molecule has 3 aliphatic carbocycles. The van der Waals surface area contributed by atoms with Gasteiger partial charge in [-0.15, -0.1) is 0 Å². The van der Waals surface area contributed by atoms with Crippen molar-refractivity contribution in [2.75, 3.05) is 0 Å². The van der Waals surface area contributed by atoms with E-state index in [2.05, 4.69) is 558 Å². The Morgan fingerprint density at radius 1 is 0.122 bits per heavy atom. The molecule has 0 saturated heterocycles. The molecule has 0 aliphatic heterocycles. The third-order valence-electron chi connectivity index (χ3n) is 30.7. The van der Waals surface area contributed by atoms with Gasteiger partial charge in [-0.3, -0.25) is 0 Å². The summed E-state index contributed by atoms with van der Waals surface area (Å²) in [5.41, 5.74) is 7.36. The lowest BCUT2D eigenvalue weighted by Crippen LogP contribution is -2.13. The van der Waals surface area contributed by atoms with Gasteiger partial charge in [-0.05, 0) is 349 Å². The Hall–Kier alpha value is -18.7. The van der Waals surface area contributed by atoms with Crippen LogP contribution in [-0.4, -0.2) is 0 Å². The minimum atomic E-state index is 1.07. The lowest BCUT2D eigenvalue weighted by molar-refractivity contribution is 1.25. The van der Waals surface area contributed by atoms with Gasteiger partial charge in [-0.25, -0.2) is 0 Å². The molecule has 0 heterocycles. The summed E-state index contributed by atoms with van der Waals surface area (Å²) in [6.45, 7) is 0. The molecule has 32 aromatic carbocycles. The zero-order chi connectivity index (χ0) is 97.2. The minimum absolute atomic E-state index is 1.07. The van der Waals surface area contributed by atoms with E-state index in [0.717, 1.165) is 19.3 Å². The molecule has 0 radical (unpaired) electrons. The second-order valence-electron chi connectivity index (χ2n) is 39.3. The predicted molar refractivity (Wildman–Crippen MR) is 643 cm³/mol. The van der Waals surface area contributed by atoms with Crippen LogP contribution < -0.4 is 5.22 Å². The topological polar surface area (TPSA) is 0 Å².